The summed E-state index contributed by atoms with van der Waals surface area (Å²) in [7, 11) is 0. The summed E-state index contributed by atoms with van der Waals surface area (Å²) < 4.78 is 5.55. The minimum Gasteiger partial charge on any atom is -0.508 e. The van der Waals surface area contributed by atoms with Gasteiger partial charge >= 0.3 is 0 Å². The van der Waals surface area contributed by atoms with Gasteiger partial charge in [-0.2, -0.15) is 0 Å². The number of anilines is 1. The van der Waals surface area contributed by atoms with Gasteiger partial charge in [0, 0.05) is 5.69 Å². The van der Waals surface area contributed by atoms with E-state index in [4.69, 9.17) is 15.6 Å². The molecule has 0 saturated heterocycles. The highest BCUT2D eigenvalue weighted by Gasteiger charge is 1.96. The highest BCUT2D eigenvalue weighted by Crippen LogP contribution is 2.16. The summed E-state index contributed by atoms with van der Waals surface area (Å²) in [5, 5.41) is 9.12. The second-order valence-electron chi connectivity index (χ2n) is 3.52. The van der Waals surface area contributed by atoms with Crippen molar-refractivity contribution in [1.29, 1.82) is 0 Å². The summed E-state index contributed by atoms with van der Waals surface area (Å²) in [4.78, 5) is 0. The Hall–Kier alpha value is -2.16. The maximum absolute atomic E-state index is 9.12. The number of nitrogen functional groups attached to an aromatic ring is 1. The van der Waals surface area contributed by atoms with Gasteiger partial charge in [-0.3, -0.25) is 0 Å². The number of hydrogen-bond acceptors (Lipinski definition) is 3. The van der Waals surface area contributed by atoms with E-state index in [-0.39, 0.29) is 5.75 Å². The van der Waals surface area contributed by atoms with E-state index in [1.165, 1.54) is 0 Å². The zero-order valence-corrected chi connectivity index (χ0v) is 8.76. The van der Waals surface area contributed by atoms with E-state index < -0.39 is 0 Å². The fourth-order valence-electron chi connectivity index (χ4n) is 1.32. The molecule has 0 unspecified atom stereocenters. The van der Waals surface area contributed by atoms with E-state index in [1.54, 1.807) is 24.3 Å². The van der Waals surface area contributed by atoms with E-state index in [0.717, 1.165) is 17.0 Å². The van der Waals surface area contributed by atoms with Gasteiger partial charge in [0.05, 0.1) is 0 Å². The lowest BCUT2D eigenvalue weighted by molar-refractivity contribution is 0.306. The average Bonchev–Trinajstić information content (AvgIpc) is 2.30. The van der Waals surface area contributed by atoms with Crippen LogP contribution in [0.3, 0.4) is 0 Å². The molecule has 2 aromatic rings. The molecule has 0 amide bonds. The molecule has 0 heterocycles. The molecular formula is C13H13NO2. The molecule has 0 radical (unpaired) electrons. The van der Waals surface area contributed by atoms with Gasteiger partial charge in [0.2, 0.25) is 0 Å². The fraction of sp³-hybridized carbons (Fsp3) is 0.0769. The third kappa shape index (κ3) is 2.67. The maximum Gasteiger partial charge on any atom is 0.119 e. The van der Waals surface area contributed by atoms with Gasteiger partial charge in [0.25, 0.3) is 0 Å². The highest BCUT2D eigenvalue weighted by atomic mass is 16.5. The first-order chi connectivity index (χ1) is 7.74. The molecule has 2 aromatic carbocycles. The summed E-state index contributed by atoms with van der Waals surface area (Å²) in [6, 6.07) is 14.2. The zero-order chi connectivity index (χ0) is 11.4. The first kappa shape index (κ1) is 10.4. The second kappa shape index (κ2) is 4.57. The van der Waals surface area contributed by atoms with Crippen molar-refractivity contribution >= 4 is 5.69 Å². The van der Waals surface area contributed by atoms with E-state index in [9.17, 15) is 0 Å². The summed E-state index contributed by atoms with van der Waals surface area (Å²) in [5.74, 6) is 1.04. The Morgan fingerprint density at radius 2 is 1.56 bits per heavy atom. The number of phenolic OH excluding ortho intramolecular Hbond substituents is 1. The van der Waals surface area contributed by atoms with Crippen LogP contribution in [-0.2, 0) is 6.61 Å². The third-order valence-electron chi connectivity index (χ3n) is 2.22. The van der Waals surface area contributed by atoms with Crippen LogP contribution < -0.4 is 10.5 Å². The van der Waals surface area contributed by atoms with Crippen molar-refractivity contribution < 1.29 is 9.84 Å². The second-order valence-corrected chi connectivity index (χ2v) is 3.52. The molecule has 0 aliphatic rings. The van der Waals surface area contributed by atoms with Gasteiger partial charge in [-0.05, 0) is 42.0 Å². The number of ether oxygens (including phenoxy) is 1. The molecule has 2 rings (SSSR count). The molecule has 16 heavy (non-hydrogen) atoms. The molecular weight excluding hydrogens is 202 g/mol. The fourth-order valence-corrected chi connectivity index (χ4v) is 1.32. The molecule has 0 bridgehead atoms. The smallest absolute Gasteiger partial charge is 0.119 e. The summed E-state index contributed by atoms with van der Waals surface area (Å²) >= 11 is 0. The summed E-state index contributed by atoms with van der Waals surface area (Å²) in [5.41, 5.74) is 7.30. The van der Waals surface area contributed by atoms with Gasteiger partial charge in [0.1, 0.15) is 18.1 Å². The number of hydrogen-bond donors (Lipinski definition) is 2. The monoisotopic (exact) mass is 215 g/mol. The minimum atomic E-state index is 0.260. The van der Waals surface area contributed by atoms with Crippen molar-refractivity contribution in [2.75, 3.05) is 5.73 Å². The van der Waals surface area contributed by atoms with Crippen LogP contribution in [0, 0.1) is 0 Å². The highest BCUT2D eigenvalue weighted by molar-refractivity contribution is 5.41. The minimum absolute atomic E-state index is 0.260. The average molecular weight is 215 g/mol. The van der Waals surface area contributed by atoms with Crippen molar-refractivity contribution in [3.05, 3.63) is 54.1 Å². The van der Waals surface area contributed by atoms with Crippen LogP contribution in [0.2, 0.25) is 0 Å². The van der Waals surface area contributed by atoms with Crippen LogP contribution in [0.25, 0.3) is 0 Å². The van der Waals surface area contributed by atoms with Gasteiger partial charge in [-0.25, -0.2) is 0 Å². The predicted molar refractivity (Wildman–Crippen MR) is 63.3 cm³/mol. The normalized spacial score (nSPS) is 10.0. The quantitative estimate of drug-likeness (QED) is 0.773. The predicted octanol–water partition coefficient (Wildman–Crippen LogP) is 2.55. The van der Waals surface area contributed by atoms with E-state index >= 15 is 0 Å². The molecule has 3 N–H and O–H groups in total. The Balaban J connectivity index is 1.97. The zero-order valence-electron chi connectivity index (χ0n) is 8.76. The van der Waals surface area contributed by atoms with Crippen molar-refractivity contribution in [3.63, 3.8) is 0 Å². The first-order valence-electron chi connectivity index (χ1n) is 5.00. The Morgan fingerprint density at radius 1 is 0.938 bits per heavy atom. The van der Waals surface area contributed by atoms with Crippen LogP contribution >= 0.6 is 0 Å². The standard InChI is InChI=1S/C13H13NO2/c14-11-3-7-13(8-4-11)16-9-10-1-5-12(15)6-2-10/h1-8,15H,9,14H2. The van der Waals surface area contributed by atoms with Crippen molar-refractivity contribution in [1.82, 2.24) is 0 Å². The van der Waals surface area contributed by atoms with Gasteiger partial charge in [0.15, 0.2) is 0 Å². The Labute approximate surface area is 94.1 Å². The molecule has 0 aliphatic heterocycles. The van der Waals surface area contributed by atoms with Crippen LogP contribution in [0.4, 0.5) is 5.69 Å². The molecule has 0 fully saturated rings. The number of benzene rings is 2. The first-order valence-corrected chi connectivity index (χ1v) is 5.00. The van der Waals surface area contributed by atoms with Crippen LogP contribution in [-0.4, -0.2) is 5.11 Å². The molecule has 0 atom stereocenters. The lowest BCUT2D eigenvalue weighted by Gasteiger charge is -2.06. The van der Waals surface area contributed by atoms with E-state index in [2.05, 4.69) is 0 Å². The van der Waals surface area contributed by atoms with E-state index in [0.29, 0.717) is 6.61 Å². The lowest BCUT2D eigenvalue weighted by atomic mass is 10.2. The lowest BCUT2D eigenvalue weighted by Crippen LogP contribution is -1.95. The maximum atomic E-state index is 9.12. The largest absolute Gasteiger partial charge is 0.508 e. The SMILES string of the molecule is Nc1ccc(OCc2ccc(O)cc2)cc1. The molecule has 0 aromatic heterocycles. The third-order valence-corrected chi connectivity index (χ3v) is 2.22. The molecule has 82 valence electrons. The van der Waals surface area contributed by atoms with Crippen LogP contribution in [0.1, 0.15) is 5.56 Å². The van der Waals surface area contributed by atoms with Gasteiger partial charge < -0.3 is 15.6 Å². The number of nitrogens with two attached hydrogens (primary N) is 1. The van der Waals surface area contributed by atoms with E-state index in [1.807, 2.05) is 24.3 Å². The van der Waals surface area contributed by atoms with Crippen molar-refractivity contribution in [2.45, 2.75) is 6.61 Å². The van der Waals surface area contributed by atoms with Crippen LogP contribution in [0.15, 0.2) is 48.5 Å². The molecule has 3 nitrogen and oxygen atoms in total. The Morgan fingerprint density at radius 3 is 2.19 bits per heavy atom. The van der Waals surface area contributed by atoms with Crippen molar-refractivity contribution in [3.8, 4) is 11.5 Å². The molecule has 0 aliphatic carbocycles. The van der Waals surface area contributed by atoms with Gasteiger partial charge in [-0.1, -0.05) is 12.1 Å². The van der Waals surface area contributed by atoms with Crippen LogP contribution in [0.5, 0.6) is 11.5 Å². The topological polar surface area (TPSA) is 55.5 Å². The molecule has 0 spiro atoms. The Bertz CT molecular complexity index is 403. The van der Waals surface area contributed by atoms with Crippen molar-refractivity contribution in [2.24, 2.45) is 0 Å². The summed E-state index contributed by atoms with van der Waals surface area (Å²) in [6.07, 6.45) is 0. The molecule has 0 saturated carbocycles. The number of aromatic hydroxyl groups is 1. The Kier molecular flexibility index (Phi) is 2.96. The number of phenols is 1. The number of rotatable bonds is 3. The van der Waals surface area contributed by atoms with Gasteiger partial charge in [-0.15, -0.1) is 0 Å². The molecule has 3 heteroatoms. The summed E-state index contributed by atoms with van der Waals surface area (Å²) in [6.45, 7) is 0.476.